The number of amides is 1. The number of nitrogens with one attached hydrogen (secondary N) is 1. The van der Waals surface area contributed by atoms with Gasteiger partial charge in [0.25, 0.3) is 5.91 Å². The third-order valence-electron chi connectivity index (χ3n) is 3.90. The minimum absolute atomic E-state index is 0.313. The number of aromatic nitrogens is 1. The maximum atomic E-state index is 12.7. The van der Waals surface area contributed by atoms with E-state index in [1.54, 1.807) is 32.2 Å². The molecule has 26 heavy (non-hydrogen) atoms. The standard InChI is InChI=1S/C19H16Cl2N2O3/c1-11-16(18(23-26-11)17-14(20)4-3-5-15(17)21)19(24)22-10-12-6-8-13(25-2)9-7-12/h3-9H,10H2,1-2H3,(H,22,24). The molecule has 3 aromatic rings. The highest BCUT2D eigenvalue weighted by molar-refractivity contribution is 6.39. The molecule has 0 aliphatic heterocycles. The van der Waals surface area contributed by atoms with Gasteiger partial charge in [0.15, 0.2) is 0 Å². The lowest BCUT2D eigenvalue weighted by molar-refractivity contribution is 0.0950. The molecule has 1 heterocycles. The maximum absolute atomic E-state index is 12.7. The summed E-state index contributed by atoms with van der Waals surface area (Å²) in [5, 5.41) is 7.64. The number of aryl methyl sites for hydroxylation is 1. The number of halogens is 2. The number of rotatable bonds is 5. The van der Waals surface area contributed by atoms with Crippen molar-refractivity contribution in [3.63, 3.8) is 0 Å². The molecule has 0 bridgehead atoms. The molecule has 0 unspecified atom stereocenters. The van der Waals surface area contributed by atoms with Gasteiger partial charge in [0, 0.05) is 12.1 Å². The van der Waals surface area contributed by atoms with Crippen molar-refractivity contribution < 1.29 is 14.1 Å². The number of methoxy groups -OCH3 is 1. The van der Waals surface area contributed by atoms with Crippen LogP contribution in [0, 0.1) is 6.92 Å². The van der Waals surface area contributed by atoms with Crippen LogP contribution in [0.5, 0.6) is 5.75 Å². The van der Waals surface area contributed by atoms with Gasteiger partial charge in [0.1, 0.15) is 22.8 Å². The Morgan fingerprint density at radius 2 is 1.81 bits per heavy atom. The van der Waals surface area contributed by atoms with Gasteiger partial charge in [-0.05, 0) is 36.8 Å². The van der Waals surface area contributed by atoms with Gasteiger partial charge >= 0.3 is 0 Å². The molecule has 0 fully saturated rings. The SMILES string of the molecule is COc1ccc(CNC(=O)c2c(-c3c(Cl)cccc3Cl)noc2C)cc1. The average Bonchev–Trinajstić information content (AvgIpc) is 3.01. The van der Waals surface area contributed by atoms with Gasteiger partial charge in [-0.1, -0.05) is 46.6 Å². The summed E-state index contributed by atoms with van der Waals surface area (Å²) in [6.07, 6.45) is 0. The van der Waals surface area contributed by atoms with E-state index in [1.165, 1.54) is 0 Å². The maximum Gasteiger partial charge on any atom is 0.257 e. The van der Waals surface area contributed by atoms with Gasteiger partial charge in [0.2, 0.25) is 0 Å². The lowest BCUT2D eigenvalue weighted by Gasteiger charge is -2.08. The Morgan fingerprint density at radius 1 is 1.15 bits per heavy atom. The van der Waals surface area contributed by atoms with Crippen molar-refractivity contribution in [2.75, 3.05) is 7.11 Å². The third kappa shape index (κ3) is 3.69. The Morgan fingerprint density at radius 3 is 2.42 bits per heavy atom. The van der Waals surface area contributed by atoms with Gasteiger partial charge in [-0.2, -0.15) is 0 Å². The first-order valence-electron chi connectivity index (χ1n) is 7.83. The van der Waals surface area contributed by atoms with E-state index in [4.69, 9.17) is 32.5 Å². The van der Waals surface area contributed by atoms with E-state index in [2.05, 4.69) is 10.5 Å². The van der Waals surface area contributed by atoms with E-state index in [-0.39, 0.29) is 5.91 Å². The van der Waals surface area contributed by atoms with Crippen molar-refractivity contribution in [2.45, 2.75) is 13.5 Å². The number of hydrogen-bond donors (Lipinski definition) is 1. The molecule has 0 spiro atoms. The van der Waals surface area contributed by atoms with Crippen molar-refractivity contribution in [2.24, 2.45) is 0 Å². The Labute approximate surface area is 160 Å². The molecule has 3 rings (SSSR count). The monoisotopic (exact) mass is 390 g/mol. The van der Waals surface area contributed by atoms with Crippen LogP contribution in [0.4, 0.5) is 0 Å². The first-order chi connectivity index (χ1) is 12.5. The number of ether oxygens (including phenoxy) is 1. The molecule has 1 aromatic heterocycles. The fourth-order valence-corrected chi connectivity index (χ4v) is 3.12. The molecule has 0 aliphatic rings. The minimum atomic E-state index is -0.314. The quantitative estimate of drug-likeness (QED) is 0.672. The van der Waals surface area contributed by atoms with Gasteiger partial charge in [-0.25, -0.2) is 0 Å². The summed E-state index contributed by atoms with van der Waals surface area (Å²) < 4.78 is 10.3. The molecular weight excluding hydrogens is 375 g/mol. The number of carbonyl (C=O) groups is 1. The Bertz CT molecular complexity index is 916. The molecule has 0 atom stereocenters. The Kier molecular flexibility index (Phi) is 5.49. The van der Waals surface area contributed by atoms with Gasteiger partial charge < -0.3 is 14.6 Å². The van der Waals surface area contributed by atoms with Crippen LogP contribution >= 0.6 is 23.2 Å². The largest absolute Gasteiger partial charge is 0.497 e. The zero-order chi connectivity index (χ0) is 18.7. The molecule has 0 saturated carbocycles. The molecular formula is C19H16Cl2N2O3. The van der Waals surface area contributed by atoms with Crippen LogP contribution in [0.15, 0.2) is 47.0 Å². The topological polar surface area (TPSA) is 64.4 Å². The van der Waals surface area contributed by atoms with E-state index in [9.17, 15) is 4.79 Å². The van der Waals surface area contributed by atoms with Gasteiger partial charge in [-0.15, -0.1) is 0 Å². The summed E-state index contributed by atoms with van der Waals surface area (Å²) in [7, 11) is 1.60. The normalized spacial score (nSPS) is 10.6. The predicted octanol–water partition coefficient (Wildman–Crippen LogP) is 4.90. The van der Waals surface area contributed by atoms with Crippen LogP contribution in [0.25, 0.3) is 11.3 Å². The second-order valence-electron chi connectivity index (χ2n) is 5.59. The van der Waals surface area contributed by atoms with Gasteiger partial charge in [-0.3, -0.25) is 4.79 Å². The summed E-state index contributed by atoms with van der Waals surface area (Å²) in [4.78, 5) is 12.7. The first-order valence-corrected chi connectivity index (χ1v) is 8.58. The van der Waals surface area contributed by atoms with Crippen molar-refractivity contribution in [3.8, 4) is 17.0 Å². The molecule has 1 N–H and O–H groups in total. The predicted molar refractivity (Wildman–Crippen MR) is 101 cm³/mol. The number of benzene rings is 2. The summed E-state index contributed by atoms with van der Waals surface area (Å²) in [6, 6.07) is 12.5. The number of carbonyl (C=O) groups excluding carboxylic acids is 1. The van der Waals surface area contributed by atoms with Crippen LogP contribution in [0.1, 0.15) is 21.7 Å². The molecule has 0 saturated heterocycles. The molecule has 0 aliphatic carbocycles. The van der Waals surface area contributed by atoms with Crippen molar-refractivity contribution in [3.05, 3.63) is 69.4 Å². The summed E-state index contributed by atoms with van der Waals surface area (Å²) in [6.45, 7) is 2.02. The van der Waals surface area contributed by atoms with Crippen LogP contribution in [-0.4, -0.2) is 18.2 Å². The van der Waals surface area contributed by atoms with E-state index in [1.807, 2.05) is 24.3 Å². The molecule has 2 aromatic carbocycles. The van der Waals surface area contributed by atoms with Crippen molar-refractivity contribution >= 4 is 29.1 Å². The highest BCUT2D eigenvalue weighted by Crippen LogP contribution is 2.36. The minimum Gasteiger partial charge on any atom is -0.497 e. The lowest BCUT2D eigenvalue weighted by atomic mass is 10.1. The Hall–Kier alpha value is -2.50. The van der Waals surface area contributed by atoms with E-state index in [0.29, 0.717) is 39.2 Å². The zero-order valence-electron chi connectivity index (χ0n) is 14.2. The van der Waals surface area contributed by atoms with E-state index >= 15 is 0 Å². The summed E-state index contributed by atoms with van der Waals surface area (Å²) >= 11 is 12.5. The summed E-state index contributed by atoms with van der Waals surface area (Å²) in [5.74, 6) is 0.833. The second kappa shape index (κ2) is 7.81. The number of hydrogen-bond acceptors (Lipinski definition) is 4. The molecule has 5 nitrogen and oxygen atoms in total. The lowest BCUT2D eigenvalue weighted by Crippen LogP contribution is -2.23. The summed E-state index contributed by atoms with van der Waals surface area (Å²) in [5.41, 5.74) is 2.05. The first kappa shape index (κ1) is 18.3. The smallest absolute Gasteiger partial charge is 0.257 e. The van der Waals surface area contributed by atoms with Crippen molar-refractivity contribution in [1.82, 2.24) is 10.5 Å². The molecule has 0 radical (unpaired) electrons. The van der Waals surface area contributed by atoms with E-state index < -0.39 is 0 Å². The van der Waals surface area contributed by atoms with E-state index in [0.717, 1.165) is 11.3 Å². The molecule has 1 amide bonds. The van der Waals surface area contributed by atoms with Gasteiger partial charge in [0.05, 0.1) is 17.2 Å². The third-order valence-corrected chi connectivity index (χ3v) is 4.53. The molecule has 134 valence electrons. The average molecular weight is 391 g/mol. The highest BCUT2D eigenvalue weighted by atomic mass is 35.5. The fourth-order valence-electron chi connectivity index (χ4n) is 2.55. The van der Waals surface area contributed by atoms with Crippen LogP contribution in [0.2, 0.25) is 10.0 Å². The number of nitrogens with zero attached hydrogens (tertiary/aromatic N) is 1. The molecule has 7 heteroatoms. The zero-order valence-corrected chi connectivity index (χ0v) is 15.7. The fraction of sp³-hybridized carbons (Fsp3) is 0.158. The van der Waals surface area contributed by atoms with Crippen molar-refractivity contribution in [1.29, 1.82) is 0 Å². The van der Waals surface area contributed by atoms with Crippen LogP contribution in [0.3, 0.4) is 0 Å². The van der Waals surface area contributed by atoms with Crippen LogP contribution < -0.4 is 10.1 Å². The second-order valence-corrected chi connectivity index (χ2v) is 6.40. The Balaban J connectivity index is 1.85. The highest BCUT2D eigenvalue weighted by Gasteiger charge is 2.24. The van der Waals surface area contributed by atoms with Crippen LogP contribution in [-0.2, 0) is 6.54 Å².